The molecule has 132 valence electrons. The van der Waals surface area contributed by atoms with E-state index < -0.39 is 0 Å². The quantitative estimate of drug-likeness (QED) is 0.459. The molecule has 4 rings (SSSR count). The SMILES string of the molecule is Nc1ncc(-c2cnn(CCO)c2)nc1NCc1ccc2nccn2n1. The normalized spacial score (nSPS) is 11.1. The minimum absolute atomic E-state index is 0.0234. The number of nitrogens with one attached hydrogen (secondary N) is 1. The Balaban J connectivity index is 1.53. The minimum atomic E-state index is 0.0234. The second-order valence-corrected chi connectivity index (χ2v) is 5.61. The molecule has 26 heavy (non-hydrogen) atoms. The molecule has 0 fully saturated rings. The molecule has 4 N–H and O–H groups in total. The van der Waals surface area contributed by atoms with Crippen LogP contribution in [-0.4, -0.2) is 46.1 Å². The Labute approximate surface area is 148 Å². The van der Waals surface area contributed by atoms with Crippen molar-refractivity contribution in [3.05, 3.63) is 48.8 Å². The number of nitrogens with zero attached hydrogens (tertiary/aromatic N) is 7. The van der Waals surface area contributed by atoms with E-state index in [-0.39, 0.29) is 6.61 Å². The highest BCUT2D eigenvalue weighted by molar-refractivity contribution is 5.64. The van der Waals surface area contributed by atoms with Crippen molar-refractivity contribution in [3.8, 4) is 11.3 Å². The average molecular weight is 351 g/mol. The molecular formula is C16H17N9O. The lowest BCUT2D eigenvalue weighted by molar-refractivity contribution is 0.269. The second-order valence-electron chi connectivity index (χ2n) is 5.61. The van der Waals surface area contributed by atoms with Gasteiger partial charge in [-0.15, -0.1) is 0 Å². The summed E-state index contributed by atoms with van der Waals surface area (Å²) < 4.78 is 3.35. The van der Waals surface area contributed by atoms with E-state index in [9.17, 15) is 0 Å². The first kappa shape index (κ1) is 16.0. The molecule has 0 atom stereocenters. The Kier molecular flexibility index (Phi) is 4.15. The van der Waals surface area contributed by atoms with Crippen molar-refractivity contribution in [1.82, 2.24) is 34.3 Å². The lowest BCUT2D eigenvalue weighted by Gasteiger charge is -2.09. The molecule has 4 heterocycles. The third-order valence-corrected chi connectivity index (χ3v) is 3.81. The number of aliphatic hydroxyl groups excluding tert-OH is 1. The summed E-state index contributed by atoms with van der Waals surface area (Å²) >= 11 is 0. The fourth-order valence-electron chi connectivity index (χ4n) is 2.51. The van der Waals surface area contributed by atoms with E-state index in [0.717, 1.165) is 16.9 Å². The maximum atomic E-state index is 8.98. The first-order valence-electron chi connectivity index (χ1n) is 8.02. The standard InChI is InChI=1S/C16H17N9O/c17-15-16(20-8-12-1-2-14-18-3-4-25(14)23-12)22-13(9-19-15)11-7-21-24(10-11)5-6-26/h1-4,7,9-10,26H,5-6,8H2,(H2,17,19)(H,20,22). The van der Waals surface area contributed by atoms with Crippen LogP contribution in [0, 0.1) is 0 Å². The van der Waals surface area contributed by atoms with Crippen LogP contribution in [0.2, 0.25) is 0 Å². The van der Waals surface area contributed by atoms with Gasteiger partial charge in [-0.1, -0.05) is 0 Å². The molecule has 4 aromatic heterocycles. The van der Waals surface area contributed by atoms with Crippen molar-refractivity contribution in [2.24, 2.45) is 0 Å². The van der Waals surface area contributed by atoms with Crippen molar-refractivity contribution in [3.63, 3.8) is 0 Å². The zero-order valence-corrected chi connectivity index (χ0v) is 13.8. The molecule has 0 aliphatic rings. The monoisotopic (exact) mass is 351 g/mol. The van der Waals surface area contributed by atoms with Gasteiger partial charge in [-0.2, -0.15) is 10.2 Å². The van der Waals surface area contributed by atoms with Crippen molar-refractivity contribution in [2.75, 3.05) is 17.7 Å². The fraction of sp³-hybridized carbons (Fsp3) is 0.188. The highest BCUT2D eigenvalue weighted by Crippen LogP contribution is 2.21. The van der Waals surface area contributed by atoms with Crippen molar-refractivity contribution in [1.29, 1.82) is 0 Å². The summed E-state index contributed by atoms with van der Waals surface area (Å²) in [6.07, 6.45) is 8.56. The van der Waals surface area contributed by atoms with E-state index in [1.54, 1.807) is 40.2 Å². The molecule has 0 spiro atoms. The smallest absolute Gasteiger partial charge is 0.169 e. The Morgan fingerprint density at radius 1 is 1.19 bits per heavy atom. The summed E-state index contributed by atoms with van der Waals surface area (Å²) in [5, 5.41) is 20.8. The van der Waals surface area contributed by atoms with Crippen molar-refractivity contribution < 1.29 is 5.11 Å². The van der Waals surface area contributed by atoms with Gasteiger partial charge in [0.15, 0.2) is 17.3 Å². The Bertz CT molecular complexity index is 1040. The molecular weight excluding hydrogens is 334 g/mol. The maximum Gasteiger partial charge on any atom is 0.169 e. The zero-order valence-electron chi connectivity index (χ0n) is 13.8. The first-order valence-corrected chi connectivity index (χ1v) is 8.02. The fourth-order valence-corrected chi connectivity index (χ4v) is 2.51. The van der Waals surface area contributed by atoms with Gasteiger partial charge in [-0.05, 0) is 12.1 Å². The molecule has 0 saturated heterocycles. The van der Waals surface area contributed by atoms with E-state index in [4.69, 9.17) is 10.8 Å². The van der Waals surface area contributed by atoms with Gasteiger partial charge < -0.3 is 16.2 Å². The van der Waals surface area contributed by atoms with Gasteiger partial charge in [0.25, 0.3) is 0 Å². The summed E-state index contributed by atoms with van der Waals surface area (Å²) in [6.45, 7) is 0.895. The summed E-state index contributed by atoms with van der Waals surface area (Å²) in [4.78, 5) is 12.9. The predicted octanol–water partition coefficient (Wildman–Crippen LogP) is 0.569. The molecule has 0 aliphatic carbocycles. The van der Waals surface area contributed by atoms with Crippen LogP contribution in [0.25, 0.3) is 16.9 Å². The number of rotatable bonds is 6. The Hall–Kier alpha value is -3.53. The highest BCUT2D eigenvalue weighted by Gasteiger charge is 2.09. The van der Waals surface area contributed by atoms with Crippen LogP contribution >= 0.6 is 0 Å². The van der Waals surface area contributed by atoms with E-state index in [1.165, 1.54) is 0 Å². The van der Waals surface area contributed by atoms with E-state index >= 15 is 0 Å². The number of aromatic nitrogens is 7. The number of hydrogen-bond donors (Lipinski definition) is 3. The number of fused-ring (bicyclic) bond motifs is 1. The molecule has 0 unspecified atom stereocenters. The second kappa shape index (κ2) is 6.76. The van der Waals surface area contributed by atoms with Gasteiger partial charge in [0.1, 0.15) is 0 Å². The number of nitrogen functional groups attached to an aromatic ring is 1. The Morgan fingerprint density at radius 2 is 2.12 bits per heavy atom. The van der Waals surface area contributed by atoms with Gasteiger partial charge in [0, 0.05) is 24.2 Å². The van der Waals surface area contributed by atoms with Crippen LogP contribution in [-0.2, 0) is 13.1 Å². The number of aliphatic hydroxyl groups is 1. The van der Waals surface area contributed by atoms with E-state index in [2.05, 4.69) is 30.5 Å². The number of hydrogen-bond acceptors (Lipinski definition) is 8. The van der Waals surface area contributed by atoms with Crippen LogP contribution in [0.15, 0.2) is 43.1 Å². The molecule has 10 heteroatoms. The molecule has 4 aromatic rings. The zero-order chi connectivity index (χ0) is 17.9. The highest BCUT2D eigenvalue weighted by atomic mass is 16.3. The van der Waals surface area contributed by atoms with Gasteiger partial charge >= 0.3 is 0 Å². The van der Waals surface area contributed by atoms with Crippen LogP contribution in [0.3, 0.4) is 0 Å². The van der Waals surface area contributed by atoms with Crippen LogP contribution in [0.5, 0.6) is 0 Å². The van der Waals surface area contributed by atoms with Crippen LogP contribution in [0.1, 0.15) is 5.69 Å². The molecule has 0 bridgehead atoms. The minimum Gasteiger partial charge on any atom is -0.394 e. The Morgan fingerprint density at radius 3 is 3.00 bits per heavy atom. The molecule has 10 nitrogen and oxygen atoms in total. The summed E-state index contributed by atoms with van der Waals surface area (Å²) in [5.41, 5.74) is 8.98. The van der Waals surface area contributed by atoms with E-state index in [0.29, 0.717) is 30.4 Å². The van der Waals surface area contributed by atoms with Crippen LogP contribution in [0.4, 0.5) is 11.6 Å². The van der Waals surface area contributed by atoms with Gasteiger partial charge in [-0.3, -0.25) is 4.68 Å². The van der Waals surface area contributed by atoms with Gasteiger partial charge in [0.2, 0.25) is 0 Å². The summed E-state index contributed by atoms with van der Waals surface area (Å²) in [7, 11) is 0. The number of imidazole rings is 1. The first-order chi connectivity index (χ1) is 12.7. The average Bonchev–Trinajstić information content (AvgIpc) is 3.30. The van der Waals surface area contributed by atoms with Crippen molar-refractivity contribution >= 4 is 17.3 Å². The van der Waals surface area contributed by atoms with Crippen LogP contribution < -0.4 is 11.1 Å². The molecule has 0 aliphatic heterocycles. The lowest BCUT2D eigenvalue weighted by atomic mass is 10.2. The third kappa shape index (κ3) is 3.17. The molecule has 0 aromatic carbocycles. The molecule has 0 saturated carbocycles. The molecule has 0 radical (unpaired) electrons. The maximum absolute atomic E-state index is 8.98. The summed E-state index contributed by atoms with van der Waals surface area (Å²) in [5.74, 6) is 0.783. The number of nitrogens with two attached hydrogens (primary N) is 1. The third-order valence-electron chi connectivity index (χ3n) is 3.81. The molecule has 0 amide bonds. The summed E-state index contributed by atoms with van der Waals surface area (Å²) in [6, 6.07) is 3.78. The van der Waals surface area contributed by atoms with E-state index in [1.807, 2.05) is 12.1 Å². The van der Waals surface area contributed by atoms with Crippen molar-refractivity contribution in [2.45, 2.75) is 13.1 Å². The largest absolute Gasteiger partial charge is 0.394 e. The van der Waals surface area contributed by atoms with Gasteiger partial charge in [-0.25, -0.2) is 19.5 Å². The number of anilines is 2. The topological polar surface area (TPSA) is 132 Å². The predicted molar refractivity (Wildman–Crippen MR) is 95.1 cm³/mol. The van der Waals surface area contributed by atoms with Gasteiger partial charge in [0.05, 0.1) is 43.5 Å². The lowest BCUT2D eigenvalue weighted by Crippen LogP contribution is -2.09.